The van der Waals surface area contributed by atoms with Crippen molar-refractivity contribution in [2.45, 2.75) is 12.8 Å². The van der Waals surface area contributed by atoms with Crippen LogP contribution in [0.4, 0.5) is 5.69 Å². The van der Waals surface area contributed by atoms with E-state index in [-0.39, 0.29) is 24.3 Å². The second-order valence-electron chi connectivity index (χ2n) is 4.75. The van der Waals surface area contributed by atoms with E-state index in [9.17, 15) is 14.4 Å². The maximum atomic E-state index is 12.2. The van der Waals surface area contributed by atoms with Gasteiger partial charge in [-0.25, -0.2) is 0 Å². The second-order valence-corrected chi connectivity index (χ2v) is 4.75. The summed E-state index contributed by atoms with van der Waals surface area (Å²) in [5.41, 5.74) is 2.22. The van der Waals surface area contributed by atoms with Gasteiger partial charge in [-0.3, -0.25) is 14.4 Å². The van der Waals surface area contributed by atoms with E-state index in [0.717, 1.165) is 11.3 Å². The van der Waals surface area contributed by atoms with Gasteiger partial charge >= 0.3 is 0 Å². The van der Waals surface area contributed by atoms with Crippen molar-refractivity contribution in [2.24, 2.45) is 0 Å². The molecule has 1 aliphatic heterocycles. The van der Waals surface area contributed by atoms with Crippen molar-refractivity contribution in [3.8, 4) is 0 Å². The number of anilines is 1. The van der Waals surface area contributed by atoms with E-state index in [1.165, 1.54) is 11.9 Å². The molecule has 2 N–H and O–H groups in total. The molecule has 2 rings (SSSR count). The lowest BCUT2D eigenvalue weighted by Gasteiger charge is -2.20. The number of nitrogens with one attached hydrogen (secondary N) is 2. The van der Waals surface area contributed by atoms with Gasteiger partial charge in [-0.15, -0.1) is 0 Å². The lowest BCUT2D eigenvalue weighted by Crippen LogP contribution is -2.37. The van der Waals surface area contributed by atoms with Crippen molar-refractivity contribution in [1.82, 2.24) is 10.2 Å². The molecule has 106 valence electrons. The molecule has 20 heavy (non-hydrogen) atoms. The number of carbonyl (C=O) groups excluding carboxylic acids is 3. The van der Waals surface area contributed by atoms with Crippen molar-refractivity contribution in [2.75, 3.05) is 26.0 Å². The normalized spacial score (nSPS) is 13.2. The Kier molecular flexibility index (Phi) is 4.02. The van der Waals surface area contributed by atoms with Crippen LogP contribution in [0, 0.1) is 0 Å². The van der Waals surface area contributed by atoms with E-state index in [2.05, 4.69) is 10.6 Å². The van der Waals surface area contributed by atoms with Crippen LogP contribution >= 0.6 is 0 Å². The fraction of sp³-hybridized carbons (Fsp3) is 0.357. The summed E-state index contributed by atoms with van der Waals surface area (Å²) in [5.74, 6) is -0.437. The Balaban J connectivity index is 2.15. The average molecular weight is 275 g/mol. The van der Waals surface area contributed by atoms with Gasteiger partial charge in [-0.2, -0.15) is 0 Å². The molecule has 0 aromatic heterocycles. The maximum Gasteiger partial charge on any atom is 0.254 e. The smallest absolute Gasteiger partial charge is 0.254 e. The molecule has 0 atom stereocenters. The van der Waals surface area contributed by atoms with Crippen LogP contribution in [0.25, 0.3) is 0 Å². The summed E-state index contributed by atoms with van der Waals surface area (Å²) in [6.07, 6.45) is 1.06. The number of hydrogen-bond acceptors (Lipinski definition) is 3. The van der Waals surface area contributed by atoms with E-state index in [0.29, 0.717) is 18.4 Å². The van der Waals surface area contributed by atoms with Crippen molar-refractivity contribution in [3.63, 3.8) is 0 Å². The maximum absolute atomic E-state index is 12.2. The monoisotopic (exact) mass is 275 g/mol. The summed E-state index contributed by atoms with van der Waals surface area (Å²) in [4.78, 5) is 36.1. The van der Waals surface area contributed by atoms with Gasteiger partial charge < -0.3 is 15.5 Å². The minimum atomic E-state index is -0.217. The zero-order valence-electron chi connectivity index (χ0n) is 11.5. The molecule has 6 nitrogen and oxygen atoms in total. The highest BCUT2D eigenvalue weighted by molar-refractivity contribution is 5.99. The quantitative estimate of drug-likeness (QED) is 0.837. The number of aryl methyl sites for hydroxylation is 1. The SMILES string of the molecule is CNC(=O)CN(C)C(=O)c1ccc2c(c1)CCC(=O)N2. The third kappa shape index (κ3) is 2.96. The van der Waals surface area contributed by atoms with Crippen LogP contribution in [0.5, 0.6) is 0 Å². The van der Waals surface area contributed by atoms with Crippen LogP contribution in [0.15, 0.2) is 18.2 Å². The van der Waals surface area contributed by atoms with Gasteiger partial charge in [-0.1, -0.05) is 0 Å². The predicted molar refractivity (Wildman–Crippen MR) is 74.4 cm³/mol. The number of carbonyl (C=O) groups is 3. The third-order valence-electron chi connectivity index (χ3n) is 3.25. The van der Waals surface area contributed by atoms with E-state index >= 15 is 0 Å². The molecular formula is C14H17N3O3. The highest BCUT2D eigenvalue weighted by Crippen LogP contribution is 2.23. The van der Waals surface area contributed by atoms with Crippen LogP contribution in [0.1, 0.15) is 22.3 Å². The highest BCUT2D eigenvalue weighted by Gasteiger charge is 2.19. The molecular weight excluding hydrogens is 258 g/mol. The van der Waals surface area contributed by atoms with Gasteiger partial charge in [0.2, 0.25) is 11.8 Å². The standard InChI is InChI=1S/C14H17N3O3/c1-15-13(19)8-17(2)14(20)10-3-5-11-9(7-10)4-6-12(18)16-11/h3,5,7H,4,6,8H2,1-2H3,(H,15,19)(H,16,18). The Bertz CT molecular complexity index is 569. The minimum absolute atomic E-state index is 0.00619. The first-order chi connectivity index (χ1) is 9.51. The van der Waals surface area contributed by atoms with E-state index < -0.39 is 0 Å². The van der Waals surface area contributed by atoms with Crippen LogP contribution in [0.3, 0.4) is 0 Å². The van der Waals surface area contributed by atoms with Gasteiger partial charge in [0.05, 0.1) is 6.54 Å². The molecule has 0 saturated heterocycles. The zero-order valence-corrected chi connectivity index (χ0v) is 11.5. The van der Waals surface area contributed by atoms with Gasteiger partial charge in [-0.05, 0) is 30.2 Å². The summed E-state index contributed by atoms with van der Waals surface area (Å²) in [6.45, 7) is 0.0170. The number of benzene rings is 1. The Morgan fingerprint density at radius 1 is 1.35 bits per heavy atom. The van der Waals surface area contributed by atoms with Gasteiger partial charge in [0.1, 0.15) is 0 Å². The number of likely N-dealkylation sites (N-methyl/N-ethyl adjacent to an activating group) is 2. The second kappa shape index (κ2) is 5.73. The van der Waals surface area contributed by atoms with Gasteiger partial charge in [0, 0.05) is 31.8 Å². The molecule has 1 heterocycles. The summed E-state index contributed by atoms with van der Waals surface area (Å²) < 4.78 is 0. The molecule has 0 fully saturated rings. The van der Waals surface area contributed by atoms with Crippen LogP contribution in [0.2, 0.25) is 0 Å². The molecule has 0 unspecified atom stereocenters. The first-order valence-corrected chi connectivity index (χ1v) is 6.40. The number of amides is 3. The van der Waals surface area contributed by atoms with Gasteiger partial charge in [0.15, 0.2) is 0 Å². The highest BCUT2D eigenvalue weighted by atomic mass is 16.2. The molecule has 0 aliphatic carbocycles. The minimum Gasteiger partial charge on any atom is -0.358 e. The number of fused-ring (bicyclic) bond motifs is 1. The van der Waals surface area contributed by atoms with Crippen molar-refractivity contribution in [1.29, 1.82) is 0 Å². The van der Waals surface area contributed by atoms with Gasteiger partial charge in [0.25, 0.3) is 5.91 Å². The largest absolute Gasteiger partial charge is 0.358 e. The fourth-order valence-electron chi connectivity index (χ4n) is 2.10. The summed E-state index contributed by atoms with van der Waals surface area (Å²) in [5, 5.41) is 5.25. The zero-order chi connectivity index (χ0) is 14.7. The Morgan fingerprint density at radius 3 is 2.80 bits per heavy atom. The number of rotatable bonds is 3. The van der Waals surface area contributed by atoms with Crippen LogP contribution in [-0.2, 0) is 16.0 Å². The molecule has 0 bridgehead atoms. The first kappa shape index (κ1) is 14.0. The number of hydrogen-bond donors (Lipinski definition) is 2. The van der Waals surface area contributed by atoms with E-state index in [4.69, 9.17) is 0 Å². The van der Waals surface area contributed by atoms with Crippen molar-refractivity contribution in [3.05, 3.63) is 29.3 Å². The van der Waals surface area contributed by atoms with Crippen LogP contribution in [-0.4, -0.2) is 43.3 Å². The summed E-state index contributed by atoms with van der Waals surface area (Å²) in [7, 11) is 3.11. The van der Waals surface area contributed by atoms with E-state index in [1.807, 2.05) is 0 Å². The number of nitrogens with zero attached hydrogens (tertiary/aromatic N) is 1. The molecule has 0 radical (unpaired) electrons. The summed E-state index contributed by atoms with van der Waals surface area (Å²) >= 11 is 0. The fourth-order valence-corrected chi connectivity index (χ4v) is 2.10. The van der Waals surface area contributed by atoms with Crippen molar-refractivity contribution < 1.29 is 14.4 Å². The molecule has 1 aromatic carbocycles. The van der Waals surface area contributed by atoms with E-state index in [1.54, 1.807) is 25.2 Å². The topological polar surface area (TPSA) is 78.5 Å². The van der Waals surface area contributed by atoms with Crippen LogP contribution < -0.4 is 10.6 Å². The lowest BCUT2D eigenvalue weighted by molar-refractivity contribution is -0.121. The molecule has 6 heteroatoms. The molecule has 1 aromatic rings. The average Bonchev–Trinajstić information content (AvgIpc) is 2.45. The Morgan fingerprint density at radius 2 is 2.10 bits per heavy atom. The Labute approximate surface area is 117 Å². The molecule has 1 aliphatic rings. The molecule has 0 saturated carbocycles. The lowest BCUT2D eigenvalue weighted by atomic mass is 10.00. The molecule has 3 amide bonds. The molecule has 0 spiro atoms. The Hall–Kier alpha value is -2.37. The predicted octanol–water partition coefficient (Wildman–Crippen LogP) is 0.389. The third-order valence-corrected chi connectivity index (χ3v) is 3.25. The first-order valence-electron chi connectivity index (χ1n) is 6.40. The summed E-state index contributed by atoms with van der Waals surface area (Å²) in [6, 6.07) is 5.16. The van der Waals surface area contributed by atoms with Crippen molar-refractivity contribution >= 4 is 23.4 Å².